The molecule has 1 heterocycles. The molecule has 0 saturated carbocycles. The van der Waals surface area contributed by atoms with E-state index in [2.05, 4.69) is 27.5 Å². The van der Waals surface area contributed by atoms with Crippen molar-refractivity contribution in [1.82, 2.24) is 5.16 Å². The van der Waals surface area contributed by atoms with Gasteiger partial charge in [0.25, 0.3) is 0 Å². The van der Waals surface area contributed by atoms with Crippen molar-refractivity contribution in [2.24, 2.45) is 4.99 Å². The first-order chi connectivity index (χ1) is 5.25. The molecule has 0 amide bonds. The fourth-order valence-electron chi connectivity index (χ4n) is 0.839. The van der Waals surface area contributed by atoms with Gasteiger partial charge in [0.15, 0.2) is 0 Å². The van der Waals surface area contributed by atoms with Crippen LogP contribution in [0.2, 0.25) is 0 Å². The number of isothiocyanates is 1. The number of rotatable bonds is 2. The number of thiocarbonyl (C=S) groups is 1. The third-order valence-corrected chi connectivity index (χ3v) is 1.61. The van der Waals surface area contributed by atoms with Gasteiger partial charge in [-0.25, -0.2) is 4.99 Å². The second-order valence-electron chi connectivity index (χ2n) is 2.21. The summed E-state index contributed by atoms with van der Waals surface area (Å²) in [6, 6.07) is 0. The van der Waals surface area contributed by atoms with Crippen LogP contribution < -0.4 is 0 Å². The Labute approximate surface area is 70.1 Å². The molecule has 1 aromatic heterocycles. The van der Waals surface area contributed by atoms with Gasteiger partial charge >= 0.3 is 0 Å². The summed E-state index contributed by atoms with van der Waals surface area (Å²) < 4.78 is 4.92. The first-order valence-corrected chi connectivity index (χ1v) is 3.62. The summed E-state index contributed by atoms with van der Waals surface area (Å²) in [4.78, 5) is 3.80. The highest BCUT2D eigenvalue weighted by Gasteiger charge is 2.06. The van der Waals surface area contributed by atoms with E-state index in [-0.39, 0.29) is 0 Å². The Morgan fingerprint density at radius 3 is 2.82 bits per heavy atom. The lowest BCUT2D eigenvalue weighted by atomic mass is 10.2. The molecular formula is C7H8N2OS. The zero-order chi connectivity index (χ0) is 8.27. The molecule has 58 valence electrons. The maximum Gasteiger partial charge on any atom is 0.139 e. The first kappa shape index (κ1) is 8.11. The van der Waals surface area contributed by atoms with Gasteiger partial charge in [-0.15, -0.1) is 0 Å². The average Bonchev–Trinajstić information content (AvgIpc) is 2.29. The van der Waals surface area contributed by atoms with Crippen molar-refractivity contribution in [3.63, 3.8) is 0 Å². The largest absolute Gasteiger partial charge is 0.361 e. The van der Waals surface area contributed by atoms with Gasteiger partial charge in [-0.1, -0.05) is 5.16 Å². The zero-order valence-electron chi connectivity index (χ0n) is 6.42. The molecule has 0 radical (unpaired) electrons. The molecule has 0 aliphatic heterocycles. The molecule has 1 rings (SSSR count). The maximum absolute atomic E-state index is 4.92. The van der Waals surface area contributed by atoms with Gasteiger partial charge in [0, 0.05) is 5.56 Å². The van der Waals surface area contributed by atoms with Crippen LogP contribution in [0.1, 0.15) is 17.0 Å². The molecule has 1 aromatic rings. The number of aliphatic imine (C=N–C) groups is 1. The fourth-order valence-corrected chi connectivity index (χ4v) is 0.904. The molecule has 0 spiro atoms. The van der Waals surface area contributed by atoms with Crippen LogP contribution in [0.25, 0.3) is 0 Å². The van der Waals surface area contributed by atoms with E-state index >= 15 is 0 Å². The number of hydrogen-bond acceptors (Lipinski definition) is 4. The molecule has 0 atom stereocenters. The highest BCUT2D eigenvalue weighted by Crippen LogP contribution is 2.12. The highest BCUT2D eigenvalue weighted by atomic mass is 32.1. The number of aromatic nitrogens is 1. The normalized spacial score (nSPS) is 9.27. The summed E-state index contributed by atoms with van der Waals surface area (Å²) in [7, 11) is 0. The number of aryl methyl sites for hydroxylation is 2. The monoisotopic (exact) mass is 168 g/mol. The molecule has 0 unspecified atom stereocenters. The number of hydrogen-bond donors (Lipinski definition) is 0. The van der Waals surface area contributed by atoms with Crippen molar-refractivity contribution in [2.45, 2.75) is 20.4 Å². The molecule has 0 aromatic carbocycles. The van der Waals surface area contributed by atoms with E-state index in [0.29, 0.717) is 6.54 Å². The van der Waals surface area contributed by atoms with Crippen molar-refractivity contribution >= 4 is 17.4 Å². The maximum atomic E-state index is 4.92. The molecule has 0 bridgehead atoms. The second kappa shape index (κ2) is 3.42. The Morgan fingerprint density at radius 1 is 1.64 bits per heavy atom. The van der Waals surface area contributed by atoms with Crippen LogP contribution in [0.3, 0.4) is 0 Å². The smallest absolute Gasteiger partial charge is 0.139 e. The second-order valence-corrected chi connectivity index (χ2v) is 2.39. The lowest BCUT2D eigenvalue weighted by Crippen LogP contribution is -1.84. The van der Waals surface area contributed by atoms with E-state index in [1.165, 1.54) is 0 Å². The van der Waals surface area contributed by atoms with E-state index < -0.39 is 0 Å². The van der Waals surface area contributed by atoms with E-state index in [9.17, 15) is 0 Å². The van der Waals surface area contributed by atoms with Crippen LogP contribution in [0.15, 0.2) is 9.52 Å². The van der Waals surface area contributed by atoms with Crippen LogP contribution in [-0.4, -0.2) is 10.3 Å². The van der Waals surface area contributed by atoms with E-state index in [1.54, 1.807) is 0 Å². The van der Waals surface area contributed by atoms with Gasteiger partial charge in [0.2, 0.25) is 0 Å². The van der Waals surface area contributed by atoms with Crippen molar-refractivity contribution in [3.8, 4) is 0 Å². The summed E-state index contributed by atoms with van der Waals surface area (Å²) in [5.74, 6) is 0.802. The van der Waals surface area contributed by atoms with Crippen molar-refractivity contribution in [2.75, 3.05) is 0 Å². The third-order valence-electron chi connectivity index (χ3n) is 1.48. The summed E-state index contributed by atoms with van der Waals surface area (Å²) in [6.45, 7) is 4.25. The van der Waals surface area contributed by atoms with E-state index in [4.69, 9.17) is 4.52 Å². The Hall–Kier alpha value is -0.990. The molecule has 4 heteroatoms. The lowest BCUT2D eigenvalue weighted by Gasteiger charge is -1.89. The summed E-state index contributed by atoms with van der Waals surface area (Å²) in [6.07, 6.45) is 0. The first-order valence-electron chi connectivity index (χ1n) is 3.21. The summed E-state index contributed by atoms with van der Waals surface area (Å²) in [5, 5.41) is 6.07. The topological polar surface area (TPSA) is 38.4 Å². The minimum atomic E-state index is 0.519. The molecule has 0 aliphatic carbocycles. The number of nitrogens with zero attached hydrogens (tertiary/aromatic N) is 2. The molecule has 0 saturated heterocycles. The molecule has 3 nitrogen and oxygen atoms in total. The SMILES string of the molecule is Cc1noc(C)c1CN=C=S. The highest BCUT2D eigenvalue weighted by molar-refractivity contribution is 7.78. The molecule has 0 fully saturated rings. The quantitative estimate of drug-likeness (QED) is 0.500. The van der Waals surface area contributed by atoms with Gasteiger partial charge in [0.05, 0.1) is 17.4 Å². The van der Waals surface area contributed by atoms with Crippen molar-refractivity contribution in [3.05, 3.63) is 17.0 Å². The van der Waals surface area contributed by atoms with Gasteiger partial charge < -0.3 is 4.52 Å². The predicted molar refractivity (Wildman–Crippen MR) is 44.7 cm³/mol. The van der Waals surface area contributed by atoms with E-state index in [1.807, 2.05) is 13.8 Å². The minimum absolute atomic E-state index is 0.519. The average molecular weight is 168 g/mol. The Bertz CT molecular complexity index is 280. The Balaban J connectivity index is 2.91. The molecule has 0 aliphatic rings. The van der Waals surface area contributed by atoms with Gasteiger partial charge in [0.1, 0.15) is 5.76 Å². The van der Waals surface area contributed by atoms with Gasteiger partial charge in [-0.2, -0.15) is 0 Å². The Kier molecular flexibility index (Phi) is 2.52. The van der Waals surface area contributed by atoms with Crippen LogP contribution >= 0.6 is 12.2 Å². The molecular weight excluding hydrogens is 160 g/mol. The molecule has 0 N–H and O–H groups in total. The fraction of sp³-hybridized carbons (Fsp3) is 0.429. The summed E-state index contributed by atoms with van der Waals surface area (Å²) >= 11 is 4.44. The zero-order valence-corrected chi connectivity index (χ0v) is 7.23. The predicted octanol–water partition coefficient (Wildman–Crippen LogP) is 1.89. The van der Waals surface area contributed by atoms with Crippen LogP contribution in [0.4, 0.5) is 0 Å². The minimum Gasteiger partial charge on any atom is -0.361 e. The van der Waals surface area contributed by atoms with Crippen LogP contribution in [0, 0.1) is 13.8 Å². The van der Waals surface area contributed by atoms with E-state index in [0.717, 1.165) is 17.0 Å². The standard InChI is InChI=1S/C7H8N2OS/c1-5-7(3-8-4-11)6(2)10-9-5/h3H2,1-2H3. The van der Waals surface area contributed by atoms with Crippen molar-refractivity contribution in [1.29, 1.82) is 0 Å². The third kappa shape index (κ3) is 1.73. The van der Waals surface area contributed by atoms with Gasteiger partial charge in [-0.3, -0.25) is 0 Å². The Morgan fingerprint density at radius 2 is 2.36 bits per heavy atom. The molecule has 11 heavy (non-hydrogen) atoms. The van der Waals surface area contributed by atoms with Crippen LogP contribution in [0.5, 0.6) is 0 Å². The van der Waals surface area contributed by atoms with Crippen LogP contribution in [-0.2, 0) is 6.54 Å². The lowest BCUT2D eigenvalue weighted by molar-refractivity contribution is 0.392. The van der Waals surface area contributed by atoms with Gasteiger partial charge in [-0.05, 0) is 26.1 Å². The van der Waals surface area contributed by atoms with Crippen molar-refractivity contribution < 1.29 is 4.52 Å². The summed E-state index contributed by atoms with van der Waals surface area (Å²) in [5.41, 5.74) is 1.87.